The minimum absolute atomic E-state index is 0.00137. The average molecular weight is 269 g/mol. The molecule has 1 aromatic rings. The Morgan fingerprint density at radius 2 is 2.11 bits per heavy atom. The molecule has 1 rings (SSSR count). The zero-order valence-electron chi connectivity index (χ0n) is 10.5. The topological polar surface area (TPSA) is 20.3 Å². The van der Waals surface area contributed by atoms with Crippen molar-refractivity contribution < 1.29 is 18.0 Å². The van der Waals surface area contributed by atoms with E-state index in [1.165, 1.54) is 17.0 Å². The van der Waals surface area contributed by atoms with E-state index in [9.17, 15) is 18.0 Å². The molecule has 0 atom stereocenters. The fourth-order valence-corrected chi connectivity index (χ4v) is 1.64. The van der Waals surface area contributed by atoms with Gasteiger partial charge in [-0.25, -0.2) is 0 Å². The van der Waals surface area contributed by atoms with Crippen LogP contribution in [0.25, 0.3) is 0 Å². The van der Waals surface area contributed by atoms with Crippen molar-refractivity contribution in [2.24, 2.45) is 0 Å². The molecule has 0 saturated carbocycles. The number of nitrogens with zero attached hydrogens (tertiary/aromatic N) is 1. The van der Waals surface area contributed by atoms with Crippen LogP contribution in [0.3, 0.4) is 0 Å². The van der Waals surface area contributed by atoms with E-state index in [2.05, 4.69) is 5.92 Å². The number of terminal acetylenes is 1. The van der Waals surface area contributed by atoms with Gasteiger partial charge in [-0.2, -0.15) is 13.2 Å². The molecule has 0 aliphatic carbocycles. The van der Waals surface area contributed by atoms with Crippen LogP contribution in [-0.4, -0.2) is 23.9 Å². The first kappa shape index (κ1) is 15.1. The molecular formula is C14H14F3NO. The standard InChI is InChI=1S/C14H14F3NO/c1-3-8-18(9-4-2)13(19)11-6-5-7-12(10-11)14(15,16)17/h1,5-7,10H,4,8-9H2,2H3. The molecule has 0 fully saturated rings. The Balaban J connectivity index is 3.02. The van der Waals surface area contributed by atoms with Crippen molar-refractivity contribution in [3.05, 3.63) is 35.4 Å². The lowest BCUT2D eigenvalue weighted by Crippen LogP contribution is -2.32. The number of alkyl halides is 3. The maximum absolute atomic E-state index is 12.6. The van der Waals surface area contributed by atoms with E-state index in [-0.39, 0.29) is 12.1 Å². The smallest absolute Gasteiger partial charge is 0.328 e. The summed E-state index contributed by atoms with van der Waals surface area (Å²) in [6.45, 7) is 2.37. The zero-order chi connectivity index (χ0) is 14.5. The Hall–Kier alpha value is -1.96. The summed E-state index contributed by atoms with van der Waals surface area (Å²) in [5.74, 6) is 1.85. The molecule has 0 saturated heterocycles. The number of halogens is 3. The molecule has 0 N–H and O–H groups in total. The van der Waals surface area contributed by atoms with E-state index in [4.69, 9.17) is 6.42 Å². The third kappa shape index (κ3) is 4.02. The summed E-state index contributed by atoms with van der Waals surface area (Å²) in [5.41, 5.74) is -0.839. The number of rotatable bonds is 4. The summed E-state index contributed by atoms with van der Waals surface area (Å²) in [6, 6.07) is 4.36. The van der Waals surface area contributed by atoms with E-state index in [0.717, 1.165) is 12.1 Å². The van der Waals surface area contributed by atoms with Crippen LogP contribution < -0.4 is 0 Å². The molecule has 0 radical (unpaired) electrons. The van der Waals surface area contributed by atoms with E-state index in [1.807, 2.05) is 6.92 Å². The summed E-state index contributed by atoms with van der Waals surface area (Å²) in [5, 5.41) is 0. The molecule has 0 aliphatic heterocycles. The van der Waals surface area contributed by atoms with E-state index >= 15 is 0 Å². The molecule has 0 spiro atoms. The van der Waals surface area contributed by atoms with Crippen molar-refractivity contribution in [2.75, 3.05) is 13.1 Å². The third-order valence-electron chi connectivity index (χ3n) is 2.50. The normalized spacial score (nSPS) is 10.9. The van der Waals surface area contributed by atoms with Crippen LogP contribution in [0.15, 0.2) is 24.3 Å². The van der Waals surface area contributed by atoms with Gasteiger partial charge in [-0.3, -0.25) is 4.79 Å². The van der Waals surface area contributed by atoms with Gasteiger partial charge in [0.1, 0.15) is 0 Å². The minimum Gasteiger partial charge on any atom is -0.328 e. The largest absolute Gasteiger partial charge is 0.416 e. The molecular weight excluding hydrogens is 255 g/mol. The zero-order valence-corrected chi connectivity index (χ0v) is 10.5. The van der Waals surface area contributed by atoms with E-state index in [0.29, 0.717) is 13.0 Å². The van der Waals surface area contributed by atoms with Crippen molar-refractivity contribution in [1.82, 2.24) is 4.90 Å². The van der Waals surface area contributed by atoms with Crippen molar-refractivity contribution >= 4 is 5.91 Å². The minimum atomic E-state index is -4.46. The van der Waals surface area contributed by atoms with Gasteiger partial charge in [-0.05, 0) is 24.6 Å². The Kier molecular flexibility index (Phi) is 4.99. The highest BCUT2D eigenvalue weighted by atomic mass is 19.4. The number of hydrogen-bond donors (Lipinski definition) is 0. The van der Waals surface area contributed by atoms with Crippen molar-refractivity contribution in [3.8, 4) is 12.3 Å². The van der Waals surface area contributed by atoms with Crippen LogP contribution in [0, 0.1) is 12.3 Å². The van der Waals surface area contributed by atoms with Gasteiger partial charge in [-0.1, -0.05) is 18.9 Å². The lowest BCUT2D eigenvalue weighted by molar-refractivity contribution is -0.137. The lowest BCUT2D eigenvalue weighted by Gasteiger charge is -2.20. The van der Waals surface area contributed by atoms with E-state index in [1.54, 1.807) is 0 Å². The molecule has 19 heavy (non-hydrogen) atoms. The molecule has 1 amide bonds. The van der Waals surface area contributed by atoms with Gasteiger partial charge in [0, 0.05) is 12.1 Å². The second kappa shape index (κ2) is 6.28. The fraction of sp³-hybridized carbons (Fsp3) is 0.357. The van der Waals surface area contributed by atoms with Crippen LogP contribution in [0.5, 0.6) is 0 Å². The Bertz CT molecular complexity index is 488. The first-order chi connectivity index (χ1) is 8.90. The lowest BCUT2D eigenvalue weighted by atomic mass is 10.1. The van der Waals surface area contributed by atoms with Gasteiger partial charge in [0.15, 0.2) is 0 Å². The number of benzene rings is 1. The molecule has 0 unspecified atom stereocenters. The predicted octanol–water partition coefficient (Wildman–Crippen LogP) is 3.19. The Morgan fingerprint density at radius 1 is 1.42 bits per heavy atom. The molecule has 0 aliphatic rings. The Morgan fingerprint density at radius 3 is 2.63 bits per heavy atom. The van der Waals surface area contributed by atoms with Gasteiger partial charge in [0.2, 0.25) is 0 Å². The number of carbonyl (C=O) groups is 1. The number of hydrogen-bond acceptors (Lipinski definition) is 1. The summed E-state index contributed by atoms with van der Waals surface area (Å²) in [6.07, 6.45) is 1.38. The van der Waals surface area contributed by atoms with Crippen molar-refractivity contribution in [3.63, 3.8) is 0 Å². The number of amides is 1. The quantitative estimate of drug-likeness (QED) is 0.769. The first-order valence-corrected chi connectivity index (χ1v) is 5.80. The van der Waals surface area contributed by atoms with E-state index < -0.39 is 17.6 Å². The summed E-state index contributed by atoms with van der Waals surface area (Å²) in [4.78, 5) is 13.4. The molecule has 0 aromatic heterocycles. The number of carbonyl (C=O) groups excluding carboxylic acids is 1. The molecule has 0 bridgehead atoms. The van der Waals surface area contributed by atoms with Crippen LogP contribution in [0.1, 0.15) is 29.3 Å². The predicted molar refractivity (Wildman–Crippen MR) is 66.5 cm³/mol. The maximum atomic E-state index is 12.6. The highest BCUT2D eigenvalue weighted by molar-refractivity contribution is 5.94. The maximum Gasteiger partial charge on any atom is 0.416 e. The molecule has 2 nitrogen and oxygen atoms in total. The molecule has 1 aromatic carbocycles. The Labute approximate surface area is 110 Å². The monoisotopic (exact) mass is 269 g/mol. The van der Waals surface area contributed by atoms with Crippen molar-refractivity contribution in [2.45, 2.75) is 19.5 Å². The van der Waals surface area contributed by atoms with Crippen molar-refractivity contribution in [1.29, 1.82) is 0 Å². The van der Waals surface area contributed by atoms with Gasteiger partial charge in [0.25, 0.3) is 5.91 Å². The van der Waals surface area contributed by atoms with Gasteiger partial charge in [0.05, 0.1) is 12.1 Å². The van der Waals surface area contributed by atoms with Gasteiger partial charge >= 0.3 is 6.18 Å². The van der Waals surface area contributed by atoms with Crippen LogP contribution in [0.2, 0.25) is 0 Å². The average Bonchev–Trinajstić information content (AvgIpc) is 2.37. The summed E-state index contributed by atoms with van der Waals surface area (Å²) < 4.78 is 37.7. The summed E-state index contributed by atoms with van der Waals surface area (Å²) in [7, 11) is 0. The van der Waals surface area contributed by atoms with Crippen LogP contribution in [0.4, 0.5) is 13.2 Å². The molecule has 0 heterocycles. The fourth-order valence-electron chi connectivity index (χ4n) is 1.64. The second-order valence-electron chi connectivity index (χ2n) is 4.01. The van der Waals surface area contributed by atoms with Gasteiger partial charge < -0.3 is 4.90 Å². The first-order valence-electron chi connectivity index (χ1n) is 5.80. The second-order valence-corrected chi connectivity index (χ2v) is 4.01. The molecule has 5 heteroatoms. The SMILES string of the molecule is C#CCN(CCC)C(=O)c1cccc(C(F)(F)F)c1. The third-order valence-corrected chi connectivity index (χ3v) is 2.50. The van der Waals surface area contributed by atoms with Gasteiger partial charge in [-0.15, -0.1) is 6.42 Å². The molecule has 102 valence electrons. The van der Waals surface area contributed by atoms with Crippen LogP contribution in [-0.2, 0) is 6.18 Å². The van der Waals surface area contributed by atoms with Crippen LogP contribution >= 0.6 is 0 Å². The highest BCUT2D eigenvalue weighted by Gasteiger charge is 2.31. The summed E-state index contributed by atoms with van der Waals surface area (Å²) >= 11 is 0. The highest BCUT2D eigenvalue weighted by Crippen LogP contribution is 2.29.